The summed E-state index contributed by atoms with van der Waals surface area (Å²) in [5.41, 5.74) is 0.468. The Kier molecular flexibility index (Phi) is 3.94. The lowest BCUT2D eigenvalue weighted by Crippen LogP contribution is -2.57. The van der Waals surface area contributed by atoms with Crippen molar-refractivity contribution in [2.45, 2.75) is 6.04 Å². The molecule has 1 fully saturated rings. The van der Waals surface area contributed by atoms with Crippen LogP contribution in [0.25, 0.3) is 0 Å². The largest absolute Gasteiger partial charge is 0.348 e. The normalized spacial score (nSPS) is 14.7. The maximum absolute atomic E-state index is 12.3. The van der Waals surface area contributed by atoms with Crippen molar-refractivity contribution >= 4 is 35.1 Å². The van der Waals surface area contributed by atoms with Crippen LogP contribution in [0.5, 0.6) is 0 Å². The summed E-state index contributed by atoms with van der Waals surface area (Å²) >= 11 is 11.9. The maximum atomic E-state index is 12.3. The molecule has 3 rings (SSSR count). The fourth-order valence-electron chi connectivity index (χ4n) is 2.13. The van der Waals surface area contributed by atoms with Crippen LogP contribution >= 0.6 is 23.2 Å². The van der Waals surface area contributed by atoms with E-state index in [1.54, 1.807) is 41.6 Å². The van der Waals surface area contributed by atoms with Crippen LogP contribution in [0.1, 0.15) is 10.4 Å². The van der Waals surface area contributed by atoms with Crippen LogP contribution in [0, 0.1) is 0 Å². The molecule has 2 heterocycles. The molecule has 0 atom stereocenters. The van der Waals surface area contributed by atoms with E-state index in [1.165, 1.54) is 0 Å². The van der Waals surface area contributed by atoms with Crippen LogP contribution in [-0.4, -0.2) is 39.9 Å². The quantitative estimate of drug-likeness (QED) is 0.944. The van der Waals surface area contributed by atoms with Crippen molar-refractivity contribution < 1.29 is 4.79 Å². The summed E-state index contributed by atoms with van der Waals surface area (Å²) in [5.74, 6) is 0.475. The summed E-state index contributed by atoms with van der Waals surface area (Å²) in [6, 6.07) is 6.79. The second-order valence-corrected chi connectivity index (χ2v) is 5.59. The van der Waals surface area contributed by atoms with Crippen molar-refractivity contribution in [3.8, 4) is 0 Å². The number of likely N-dealkylation sites (tertiary alicyclic amines) is 1. The number of nitrogens with zero attached hydrogens (tertiary/aromatic N) is 3. The van der Waals surface area contributed by atoms with E-state index in [0.29, 0.717) is 34.6 Å². The van der Waals surface area contributed by atoms with Crippen molar-refractivity contribution in [2.24, 2.45) is 0 Å². The molecule has 1 aliphatic rings. The second kappa shape index (κ2) is 5.87. The van der Waals surface area contributed by atoms with Crippen LogP contribution in [0.15, 0.2) is 36.7 Å². The monoisotopic (exact) mass is 322 g/mol. The standard InChI is InChI=1S/C14H12Cl2N4O/c15-9-2-3-11(12(16)6-9)13(21)20-7-10(8-20)19-14-17-4-1-5-18-14/h1-6,10H,7-8H2,(H,17,18,19). The van der Waals surface area contributed by atoms with Crippen LogP contribution in [0.4, 0.5) is 5.95 Å². The van der Waals surface area contributed by atoms with E-state index in [9.17, 15) is 4.79 Å². The number of amides is 1. The van der Waals surface area contributed by atoms with Crippen molar-refractivity contribution in [1.82, 2.24) is 14.9 Å². The van der Waals surface area contributed by atoms with Gasteiger partial charge in [-0.05, 0) is 24.3 Å². The smallest absolute Gasteiger partial charge is 0.255 e. The van der Waals surface area contributed by atoms with E-state index in [1.807, 2.05) is 0 Å². The summed E-state index contributed by atoms with van der Waals surface area (Å²) in [6.45, 7) is 1.19. The minimum atomic E-state index is -0.0938. The number of nitrogens with one attached hydrogen (secondary N) is 1. The number of hydrogen-bond acceptors (Lipinski definition) is 4. The van der Waals surface area contributed by atoms with Crippen molar-refractivity contribution in [3.05, 3.63) is 52.3 Å². The van der Waals surface area contributed by atoms with Gasteiger partial charge in [-0.3, -0.25) is 4.79 Å². The van der Waals surface area contributed by atoms with Gasteiger partial charge in [0, 0.05) is 30.5 Å². The zero-order chi connectivity index (χ0) is 14.8. The highest BCUT2D eigenvalue weighted by atomic mass is 35.5. The fourth-order valence-corrected chi connectivity index (χ4v) is 2.61. The number of rotatable bonds is 3. The minimum absolute atomic E-state index is 0.0938. The van der Waals surface area contributed by atoms with Crippen molar-refractivity contribution in [2.75, 3.05) is 18.4 Å². The van der Waals surface area contributed by atoms with Crippen molar-refractivity contribution in [1.29, 1.82) is 0 Å². The Bertz CT molecular complexity index is 659. The molecular formula is C14H12Cl2N4O. The van der Waals surface area contributed by atoms with Gasteiger partial charge in [-0.1, -0.05) is 23.2 Å². The third-order valence-electron chi connectivity index (χ3n) is 3.23. The Morgan fingerprint density at radius 1 is 1.24 bits per heavy atom. The number of carbonyl (C=O) groups is 1. The Morgan fingerprint density at radius 3 is 2.62 bits per heavy atom. The van der Waals surface area contributed by atoms with Gasteiger partial charge in [-0.2, -0.15) is 0 Å². The second-order valence-electron chi connectivity index (χ2n) is 4.75. The van der Waals surface area contributed by atoms with Gasteiger partial charge >= 0.3 is 0 Å². The summed E-state index contributed by atoms with van der Waals surface area (Å²) < 4.78 is 0. The summed E-state index contributed by atoms with van der Waals surface area (Å²) in [5, 5.41) is 4.05. The van der Waals surface area contributed by atoms with Gasteiger partial charge in [0.05, 0.1) is 16.6 Å². The van der Waals surface area contributed by atoms with E-state index in [4.69, 9.17) is 23.2 Å². The lowest BCUT2D eigenvalue weighted by molar-refractivity contribution is 0.0625. The molecule has 5 nitrogen and oxygen atoms in total. The number of aromatic nitrogens is 2. The lowest BCUT2D eigenvalue weighted by Gasteiger charge is -2.39. The van der Waals surface area contributed by atoms with Gasteiger partial charge in [-0.15, -0.1) is 0 Å². The van der Waals surface area contributed by atoms with E-state index in [-0.39, 0.29) is 11.9 Å². The number of halogens is 2. The Labute approximate surface area is 131 Å². The molecule has 108 valence electrons. The SMILES string of the molecule is O=C(c1ccc(Cl)cc1Cl)N1CC(Nc2ncccn2)C1. The van der Waals surface area contributed by atoms with E-state index in [2.05, 4.69) is 15.3 Å². The zero-order valence-corrected chi connectivity index (χ0v) is 12.5. The first-order chi connectivity index (χ1) is 10.1. The first-order valence-electron chi connectivity index (χ1n) is 6.41. The molecule has 0 spiro atoms. The summed E-state index contributed by atoms with van der Waals surface area (Å²) in [4.78, 5) is 22.2. The van der Waals surface area contributed by atoms with Gasteiger partial charge < -0.3 is 10.2 Å². The molecule has 0 saturated carbocycles. The molecule has 0 radical (unpaired) electrons. The molecule has 0 bridgehead atoms. The lowest BCUT2D eigenvalue weighted by atomic mass is 10.1. The van der Waals surface area contributed by atoms with Crippen LogP contribution < -0.4 is 5.32 Å². The number of hydrogen-bond donors (Lipinski definition) is 1. The van der Waals surface area contributed by atoms with Crippen LogP contribution in [0.2, 0.25) is 10.0 Å². The molecule has 1 aromatic carbocycles. The molecule has 2 aromatic rings. The summed E-state index contributed by atoms with van der Waals surface area (Å²) in [6.07, 6.45) is 3.34. The predicted molar refractivity (Wildman–Crippen MR) is 81.8 cm³/mol. The highest BCUT2D eigenvalue weighted by Crippen LogP contribution is 2.24. The first-order valence-corrected chi connectivity index (χ1v) is 7.17. The number of benzene rings is 1. The minimum Gasteiger partial charge on any atom is -0.348 e. The molecule has 1 aliphatic heterocycles. The Morgan fingerprint density at radius 2 is 1.95 bits per heavy atom. The third kappa shape index (κ3) is 3.09. The van der Waals surface area contributed by atoms with Gasteiger partial charge in [-0.25, -0.2) is 9.97 Å². The first kappa shape index (κ1) is 14.1. The van der Waals surface area contributed by atoms with E-state index >= 15 is 0 Å². The highest BCUT2D eigenvalue weighted by Gasteiger charge is 2.32. The van der Waals surface area contributed by atoms with Gasteiger partial charge in [0.15, 0.2) is 0 Å². The molecule has 1 aromatic heterocycles. The molecule has 1 N–H and O–H groups in total. The van der Waals surface area contributed by atoms with Gasteiger partial charge in [0.1, 0.15) is 0 Å². The average molecular weight is 323 g/mol. The Hall–Kier alpha value is -1.85. The fraction of sp³-hybridized carbons (Fsp3) is 0.214. The van der Waals surface area contributed by atoms with Crippen molar-refractivity contribution in [3.63, 3.8) is 0 Å². The predicted octanol–water partition coefficient (Wildman–Crippen LogP) is 2.72. The third-order valence-corrected chi connectivity index (χ3v) is 3.78. The van der Waals surface area contributed by atoms with E-state index < -0.39 is 0 Å². The number of carbonyl (C=O) groups excluding carboxylic acids is 1. The van der Waals surface area contributed by atoms with E-state index in [0.717, 1.165) is 0 Å². The molecule has 0 unspecified atom stereocenters. The highest BCUT2D eigenvalue weighted by molar-refractivity contribution is 6.36. The van der Waals surface area contributed by atoms with Gasteiger partial charge in [0.25, 0.3) is 5.91 Å². The average Bonchev–Trinajstić information content (AvgIpc) is 2.43. The summed E-state index contributed by atoms with van der Waals surface area (Å²) in [7, 11) is 0. The molecular weight excluding hydrogens is 311 g/mol. The molecule has 7 heteroatoms. The molecule has 0 aliphatic carbocycles. The maximum Gasteiger partial charge on any atom is 0.255 e. The number of anilines is 1. The van der Waals surface area contributed by atoms with Crippen LogP contribution in [-0.2, 0) is 0 Å². The Balaban J connectivity index is 1.59. The molecule has 21 heavy (non-hydrogen) atoms. The molecule has 1 amide bonds. The van der Waals surface area contributed by atoms with Gasteiger partial charge in [0.2, 0.25) is 5.95 Å². The topological polar surface area (TPSA) is 58.1 Å². The van der Waals surface area contributed by atoms with Crippen LogP contribution in [0.3, 0.4) is 0 Å². The molecule has 1 saturated heterocycles. The zero-order valence-electron chi connectivity index (χ0n) is 11.0.